The molecule has 0 unspecified atom stereocenters. The zero-order valence-electron chi connectivity index (χ0n) is 15.0. The molecule has 0 fully saturated rings. The van der Waals surface area contributed by atoms with Crippen molar-refractivity contribution >= 4 is 32.6 Å². The van der Waals surface area contributed by atoms with Gasteiger partial charge in [0.25, 0.3) is 5.91 Å². The van der Waals surface area contributed by atoms with E-state index in [1.54, 1.807) is 10.9 Å². The average molecular weight is 378 g/mol. The number of aromatic nitrogens is 3. The summed E-state index contributed by atoms with van der Waals surface area (Å²) in [7, 11) is 0. The van der Waals surface area contributed by atoms with Gasteiger partial charge in [0.05, 0.1) is 40.0 Å². The predicted octanol–water partition coefficient (Wildman–Crippen LogP) is 4.44. The summed E-state index contributed by atoms with van der Waals surface area (Å²) in [5.74, 6) is 0.574. The maximum absolute atomic E-state index is 12.7. The van der Waals surface area contributed by atoms with Gasteiger partial charge in [-0.25, -0.2) is 9.67 Å². The molecule has 0 spiro atoms. The van der Waals surface area contributed by atoms with Crippen LogP contribution in [0.3, 0.4) is 0 Å². The van der Waals surface area contributed by atoms with Crippen molar-refractivity contribution in [1.29, 1.82) is 0 Å². The van der Waals surface area contributed by atoms with Crippen molar-refractivity contribution in [3.05, 3.63) is 66.0 Å². The quantitative estimate of drug-likeness (QED) is 0.557. The Morgan fingerprint density at radius 3 is 2.81 bits per heavy atom. The van der Waals surface area contributed by atoms with Crippen molar-refractivity contribution in [2.24, 2.45) is 0 Å². The van der Waals surface area contributed by atoms with Crippen molar-refractivity contribution in [2.75, 3.05) is 11.9 Å². The number of carbonyl (C=O) groups excluding carboxylic acids is 1. The third-order valence-electron chi connectivity index (χ3n) is 4.15. The molecule has 1 N–H and O–H groups in total. The normalized spacial score (nSPS) is 10.9. The van der Waals surface area contributed by atoms with E-state index in [1.165, 1.54) is 11.3 Å². The Bertz CT molecular complexity index is 1100. The fourth-order valence-electron chi connectivity index (χ4n) is 2.84. The van der Waals surface area contributed by atoms with Gasteiger partial charge in [-0.05, 0) is 44.2 Å². The largest absolute Gasteiger partial charge is 0.494 e. The van der Waals surface area contributed by atoms with E-state index in [-0.39, 0.29) is 5.91 Å². The Balaban J connectivity index is 1.57. The highest BCUT2D eigenvalue weighted by molar-refractivity contribution is 7.22. The summed E-state index contributed by atoms with van der Waals surface area (Å²) in [6, 6.07) is 15.4. The number of hydrogen-bond donors (Lipinski definition) is 1. The lowest BCUT2D eigenvalue weighted by Crippen LogP contribution is -2.12. The van der Waals surface area contributed by atoms with Gasteiger partial charge in [-0.1, -0.05) is 29.5 Å². The Kier molecular flexibility index (Phi) is 4.60. The molecule has 136 valence electrons. The number of ether oxygens (including phenoxy) is 1. The molecule has 2 aromatic heterocycles. The summed E-state index contributed by atoms with van der Waals surface area (Å²) < 4.78 is 8.23. The van der Waals surface area contributed by atoms with Crippen LogP contribution in [0.4, 0.5) is 5.13 Å². The zero-order valence-corrected chi connectivity index (χ0v) is 15.8. The van der Waals surface area contributed by atoms with E-state index in [4.69, 9.17) is 4.74 Å². The maximum Gasteiger partial charge on any atom is 0.260 e. The number of anilines is 1. The minimum Gasteiger partial charge on any atom is -0.494 e. The molecule has 0 atom stereocenters. The average Bonchev–Trinajstić information content (AvgIpc) is 3.25. The number of fused-ring (bicyclic) bond motifs is 1. The molecule has 2 heterocycles. The first-order valence-corrected chi connectivity index (χ1v) is 9.42. The lowest BCUT2D eigenvalue weighted by atomic mass is 10.2. The zero-order chi connectivity index (χ0) is 18.8. The number of hydrogen-bond acceptors (Lipinski definition) is 5. The lowest BCUT2D eigenvalue weighted by Gasteiger charge is -2.05. The smallest absolute Gasteiger partial charge is 0.260 e. The Morgan fingerprint density at radius 2 is 2.04 bits per heavy atom. The van der Waals surface area contributed by atoms with Crippen LogP contribution in [-0.4, -0.2) is 27.3 Å². The van der Waals surface area contributed by atoms with Crippen LogP contribution in [0.5, 0.6) is 5.75 Å². The minimum absolute atomic E-state index is 0.223. The van der Waals surface area contributed by atoms with E-state index in [1.807, 2.05) is 62.4 Å². The Hall–Kier alpha value is -3.19. The van der Waals surface area contributed by atoms with Crippen LogP contribution in [-0.2, 0) is 0 Å². The van der Waals surface area contributed by atoms with E-state index in [9.17, 15) is 4.79 Å². The molecule has 27 heavy (non-hydrogen) atoms. The first kappa shape index (κ1) is 17.2. The summed E-state index contributed by atoms with van der Waals surface area (Å²) in [6.07, 6.45) is 1.58. The molecule has 0 aliphatic heterocycles. The number of thiazole rings is 1. The second-order valence-electron chi connectivity index (χ2n) is 5.93. The molecule has 0 saturated heterocycles. The fourth-order valence-corrected chi connectivity index (χ4v) is 3.73. The summed E-state index contributed by atoms with van der Waals surface area (Å²) in [5, 5.41) is 7.78. The van der Waals surface area contributed by atoms with E-state index >= 15 is 0 Å². The number of amides is 1. The first-order chi connectivity index (χ1) is 13.2. The van der Waals surface area contributed by atoms with Crippen molar-refractivity contribution in [1.82, 2.24) is 14.8 Å². The van der Waals surface area contributed by atoms with Gasteiger partial charge in [-0.3, -0.25) is 10.1 Å². The lowest BCUT2D eigenvalue weighted by molar-refractivity contribution is 0.102. The van der Waals surface area contributed by atoms with Crippen LogP contribution < -0.4 is 10.1 Å². The second-order valence-corrected chi connectivity index (χ2v) is 6.96. The number of nitrogens with one attached hydrogen (secondary N) is 1. The van der Waals surface area contributed by atoms with Gasteiger partial charge >= 0.3 is 0 Å². The third-order valence-corrected chi connectivity index (χ3v) is 5.08. The van der Waals surface area contributed by atoms with Gasteiger partial charge in [0, 0.05) is 0 Å². The highest BCUT2D eigenvalue weighted by Crippen LogP contribution is 2.29. The van der Waals surface area contributed by atoms with Crippen molar-refractivity contribution in [2.45, 2.75) is 13.8 Å². The summed E-state index contributed by atoms with van der Waals surface area (Å²) in [6.45, 7) is 4.43. The standard InChI is InChI=1S/C20H18N4O2S/c1-3-26-15-9-10-17-18(11-15)27-20(22-17)23-19(25)16-12-21-24(13(16)2)14-7-5-4-6-8-14/h4-12H,3H2,1-2H3,(H,22,23,25). The molecular formula is C20H18N4O2S. The molecule has 7 heteroatoms. The van der Waals surface area contributed by atoms with Crippen LogP contribution >= 0.6 is 11.3 Å². The van der Waals surface area contributed by atoms with Gasteiger partial charge < -0.3 is 4.74 Å². The SMILES string of the molecule is CCOc1ccc2nc(NC(=O)c3cnn(-c4ccccc4)c3C)sc2c1. The van der Waals surface area contributed by atoms with Gasteiger partial charge in [0.15, 0.2) is 5.13 Å². The summed E-state index contributed by atoms with van der Waals surface area (Å²) >= 11 is 1.42. The molecule has 4 aromatic rings. The Labute approximate surface area is 160 Å². The molecule has 0 saturated carbocycles. The van der Waals surface area contributed by atoms with Crippen molar-refractivity contribution in [3.63, 3.8) is 0 Å². The van der Waals surface area contributed by atoms with Crippen molar-refractivity contribution in [3.8, 4) is 11.4 Å². The van der Waals surface area contributed by atoms with Crippen LogP contribution in [0, 0.1) is 6.92 Å². The topological polar surface area (TPSA) is 69.0 Å². The fraction of sp³-hybridized carbons (Fsp3) is 0.150. The van der Waals surface area contributed by atoms with Crippen LogP contribution in [0.1, 0.15) is 23.0 Å². The predicted molar refractivity (Wildman–Crippen MR) is 107 cm³/mol. The first-order valence-electron chi connectivity index (χ1n) is 8.60. The van der Waals surface area contributed by atoms with Gasteiger partial charge in [0.1, 0.15) is 5.75 Å². The van der Waals surface area contributed by atoms with Gasteiger partial charge in [-0.15, -0.1) is 0 Å². The highest BCUT2D eigenvalue weighted by atomic mass is 32.1. The highest BCUT2D eigenvalue weighted by Gasteiger charge is 2.17. The van der Waals surface area contributed by atoms with Crippen LogP contribution in [0.2, 0.25) is 0 Å². The third kappa shape index (κ3) is 3.41. The molecule has 0 aliphatic carbocycles. The number of para-hydroxylation sites is 1. The van der Waals surface area contributed by atoms with E-state index in [2.05, 4.69) is 15.4 Å². The number of nitrogens with zero attached hydrogens (tertiary/aromatic N) is 3. The molecule has 0 aliphatic rings. The summed E-state index contributed by atoms with van der Waals surface area (Å²) in [4.78, 5) is 17.2. The molecule has 0 bridgehead atoms. The van der Waals surface area contributed by atoms with Crippen LogP contribution in [0.15, 0.2) is 54.7 Å². The monoisotopic (exact) mass is 378 g/mol. The molecule has 0 radical (unpaired) electrons. The molecule has 6 nitrogen and oxygen atoms in total. The molecule has 1 amide bonds. The van der Waals surface area contributed by atoms with Gasteiger partial charge in [-0.2, -0.15) is 5.10 Å². The molecule has 4 rings (SSSR count). The van der Waals surface area contributed by atoms with E-state index in [0.29, 0.717) is 17.3 Å². The van der Waals surface area contributed by atoms with Crippen molar-refractivity contribution < 1.29 is 9.53 Å². The number of carbonyl (C=O) groups is 1. The second kappa shape index (κ2) is 7.20. The van der Waals surface area contributed by atoms with Crippen LogP contribution in [0.25, 0.3) is 15.9 Å². The number of benzene rings is 2. The minimum atomic E-state index is -0.223. The number of rotatable bonds is 5. The van der Waals surface area contributed by atoms with Gasteiger partial charge in [0.2, 0.25) is 0 Å². The molecule has 2 aromatic carbocycles. The Morgan fingerprint density at radius 1 is 1.22 bits per heavy atom. The maximum atomic E-state index is 12.7. The summed E-state index contributed by atoms with van der Waals surface area (Å²) in [5.41, 5.74) is 3.04. The molecular weight excluding hydrogens is 360 g/mol. The van der Waals surface area contributed by atoms with E-state index in [0.717, 1.165) is 27.3 Å². The van der Waals surface area contributed by atoms with E-state index < -0.39 is 0 Å².